The van der Waals surface area contributed by atoms with Crippen LogP contribution >= 0.6 is 0 Å². The van der Waals surface area contributed by atoms with Crippen LogP contribution in [0.4, 0.5) is 5.69 Å². The van der Waals surface area contributed by atoms with Crippen molar-refractivity contribution in [1.29, 1.82) is 0 Å². The lowest BCUT2D eigenvalue weighted by Crippen LogP contribution is -2.22. The zero-order valence-corrected chi connectivity index (χ0v) is 7.54. The molecule has 1 aromatic heterocycles. The number of nitro benzene ring substituents is 1. The molecule has 0 amide bonds. The van der Waals surface area contributed by atoms with Crippen LogP contribution < -0.4 is 9.64 Å². The molecule has 1 aromatic carbocycles. The molecule has 0 bridgehead atoms. The lowest BCUT2D eigenvalue weighted by atomic mass is 10.2. The number of hydrogen-bond acceptors (Lipinski definition) is 6. The Morgan fingerprint density at radius 3 is 2.93 bits per heavy atom. The van der Waals surface area contributed by atoms with Crippen LogP contribution in [0.2, 0.25) is 0 Å². The molecular weight excluding hydrogens is 206 g/mol. The van der Waals surface area contributed by atoms with Gasteiger partial charge in [-0.2, -0.15) is 0 Å². The second-order valence-corrected chi connectivity index (χ2v) is 2.70. The zero-order valence-electron chi connectivity index (χ0n) is 7.54. The van der Waals surface area contributed by atoms with Crippen molar-refractivity contribution in [3.05, 3.63) is 27.5 Å². The molecule has 0 unspecified atom stereocenters. The monoisotopic (exact) mass is 211 g/mol. The van der Waals surface area contributed by atoms with E-state index in [0.717, 1.165) is 6.07 Å². The minimum Gasteiger partial charge on any atom is -0.490 e. The third-order valence-electron chi connectivity index (χ3n) is 1.88. The van der Waals surface area contributed by atoms with Gasteiger partial charge in [0.2, 0.25) is 11.3 Å². The van der Waals surface area contributed by atoms with Crippen LogP contribution in [0.1, 0.15) is 0 Å². The van der Waals surface area contributed by atoms with Gasteiger partial charge >= 0.3 is 5.69 Å². The number of ether oxygens (including phenoxy) is 1. The first-order valence-corrected chi connectivity index (χ1v) is 3.85. The molecule has 0 aliphatic heterocycles. The third kappa shape index (κ3) is 1.31. The number of nitro groups is 1. The highest BCUT2D eigenvalue weighted by atomic mass is 16.8. The van der Waals surface area contributed by atoms with Crippen LogP contribution in [0.5, 0.6) is 5.75 Å². The van der Waals surface area contributed by atoms with E-state index in [9.17, 15) is 15.3 Å². The smallest absolute Gasteiger partial charge is 0.315 e. The van der Waals surface area contributed by atoms with E-state index in [1.807, 2.05) is 0 Å². The number of nitrogens with zero attached hydrogens (tertiary/aromatic N) is 3. The fraction of sp³-hybridized carbons (Fsp3) is 0.143. The van der Waals surface area contributed by atoms with Crippen molar-refractivity contribution in [1.82, 2.24) is 5.16 Å². The Morgan fingerprint density at radius 1 is 1.60 bits per heavy atom. The van der Waals surface area contributed by atoms with E-state index in [-0.39, 0.29) is 27.4 Å². The Labute approximate surface area is 82.3 Å². The van der Waals surface area contributed by atoms with Gasteiger partial charge in [0, 0.05) is 11.2 Å². The predicted molar refractivity (Wildman–Crippen MR) is 46.2 cm³/mol. The molecule has 78 valence electrons. The zero-order chi connectivity index (χ0) is 11.0. The first-order chi connectivity index (χ1) is 7.13. The van der Waals surface area contributed by atoms with Gasteiger partial charge < -0.3 is 9.94 Å². The van der Waals surface area contributed by atoms with Gasteiger partial charge in [0.25, 0.3) is 5.52 Å². The van der Waals surface area contributed by atoms with E-state index in [1.54, 1.807) is 0 Å². The minimum absolute atomic E-state index is 0.0136. The Kier molecular flexibility index (Phi) is 1.89. The summed E-state index contributed by atoms with van der Waals surface area (Å²) in [4.78, 5) is 10.1. The van der Waals surface area contributed by atoms with Crippen molar-refractivity contribution in [2.24, 2.45) is 0 Å². The summed E-state index contributed by atoms with van der Waals surface area (Å²) in [5.74, 6) is -0.0136. The fourth-order valence-corrected chi connectivity index (χ4v) is 1.20. The van der Waals surface area contributed by atoms with E-state index in [1.165, 1.54) is 13.2 Å². The molecule has 2 aromatic rings. The summed E-state index contributed by atoms with van der Waals surface area (Å²) in [7, 11) is 1.27. The van der Waals surface area contributed by atoms with E-state index in [2.05, 4.69) is 9.79 Å². The summed E-state index contributed by atoms with van der Waals surface area (Å²) in [6.07, 6.45) is 0. The number of methoxy groups -OCH3 is 1. The standard InChI is InChI=1S/C7H5N3O5/c1-14-7-3-5-4(8-15-10(5)13)2-6(7)9(11)12/h2-3H,1H3. The highest BCUT2D eigenvalue weighted by molar-refractivity contribution is 5.77. The Hall–Kier alpha value is -2.38. The molecule has 1 heterocycles. The molecule has 0 saturated heterocycles. The Morgan fingerprint density at radius 2 is 2.33 bits per heavy atom. The van der Waals surface area contributed by atoms with E-state index >= 15 is 0 Å². The maximum Gasteiger partial charge on any atom is 0.315 e. The molecule has 0 aliphatic carbocycles. The maximum absolute atomic E-state index is 11.0. The van der Waals surface area contributed by atoms with Crippen molar-refractivity contribution >= 4 is 16.7 Å². The van der Waals surface area contributed by atoms with E-state index in [4.69, 9.17) is 4.74 Å². The third-order valence-corrected chi connectivity index (χ3v) is 1.88. The first-order valence-electron chi connectivity index (χ1n) is 3.85. The summed E-state index contributed by atoms with van der Waals surface area (Å²) in [5.41, 5.74) is -0.0751. The second kappa shape index (κ2) is 3.08. The van der Waals surface area contributed by atoms with E-state index < -0.39 is 4.92 Å². The average molecular weight is 211 g/mol. The molecule has 8 nitrogen and oxygen atoms in total. The molecule has 0 atom stereocenters. The number of benzene rings is 1. The van der Waals surface area contributed by atoms with Crippen molar-refractivity contribution in [2.75, 3.05) is 7.11 Å². The highest BCUT2D eigenvalue weighted by Gasteiger charge is 2.21. The average Bonchev–Trinajstić information content (AvgIpc) is 2.58. The van der Waals surface area contributed by atoms with Crippen LogP contribution in [-0.2, 0) is 0 Å². The van der Waals surface area contributed by atoms with Gasteiger partial charge in [0.05, 0.1) is 18.1 Å². The summed E-state index contributed by atoms with van der Waals surface area (Å²) in [6.45, 7) is 0. The van der Waals surface area contributed by atoms with Crippen LogP contribution in [0.25, 0.3) is 11.0 Å². The molecule has 0 aliphatic rings. The van der Waals surface area contributed by atoms with E-state index in [0.29, 0.717) is 0 Å². The molecular formula is C7H5N3O5. The van der Waals surface area contributed by atoms with Gasteiger partial charge in [-0.15, -0.1) is 0 Å². The largest absolute Gasteiger partial charge is 0.490 e. The first kappa shape index (κ1) is 9.19. The maximum atomic E-state index is 11.0. The predicted octanol–water partition coefficient (Wildman–Crippen LogP) is 0.378. The SMILES string of the molecule is COc1cc2c(cc1[N+](=O)[O-])no[n+]2[O-]. The van der Waals surface area contributed by atoms with Gasteiger partial charge in [-0.05, 0) is 4.90 Å². The van der Waals surface area contributed by atoms with Gasteiger partial charge in [-0.25, -0.2) is 0 Å². The molecule has 0 saturated carbocycles. The number of aromatic nitrogens is 2. The lowest BCUT2D eigenvalue weighted by Gasteiger charge is -1.98. The molecule has 15 heavy (non-hydrogen) atoms. The normalized spacial score (nSPS) is 10.5. The Balaban J connectivity index is 2.76. The van der Waals surface area contributed by atoms with Crippen molar-refractivity contribution in [3.63, 3.8) is 0 Å². The minimum atomic E-state index is -0.623. The second-order valence-electron chi connectivity index (χ2n) is 2.70. The van der Waals surface area contributed by atoms with Crippen LogP contribution in [0.3, 0.4) is 0 Å². The number of hydrogen-bond donors (Lipinski definition) is 0. The Bertz CT molecular complexity index is 535. The van der Waals surface area contributed by atoms with Gasteiger partial charge in [0.1, 0.15) is 0 Å². The van der Waals surface area contributed by atoms with Crippen molar-refractivity contribution in [2.45, 2.75) is 0 Å². The highest BCUT2D eigenvalue weighted by Crippen LogP contribution is 2.29. The van der Waals surface area contributed by atoms with Gasteiger partial charge in [-0.3, -0.25) is 14.7 Å². The lowest BCUT2D eigenvalue weighted by molar-refractivity contribution is -0.782. The summed E-state index contributed by atoms with van der Waals surface area (Å²) >= 11 is 0. The van der Waals surface area contributed by atoms with Gasteiger partial charge in [-0.1, -0.05) is 0 Å². The molecule has 8 heteroatoms. The summed E-state index contributed by atoms with van der Waals surface area (Å²) < 4.78 is 9.06. The molecule has 2 rings (SSSR count). The molecule has 0 N–H and O–H groups in total. The van der Waals surface area contributed by atoms with Crippen LogP contribution in [-0.4, -0.2) is 17.2 Å². The molecule has 0 radical (unpaired) electrons. The quantitative estimate of drug-likeness (QED) is 0.403. The number of fused-ring (bicyclic) bond motifs is 1. The fourth-order valence-electron chi connectivity index (χ4n) is 1.20. The topological polar surface area (TPSA) is 105 Å². The van der Waals surface area contributed by atoms with Crippen molar-refractivity contribution in [3.8, 4) is 5.75 Å². The molecule has 0 spiro atoms. The van der Waals surface area contributed by atoms with Crippen LogP contribution in [0, 0.1) is 15.3 Å². The summed E-state index contributed by atoms with van der Waals surface area (Å²) in [6, 6.07) is 2.32. The molecule has 0 fully saturated rings. The van der Waals surface area contributed by atoms with Crippen molar-refractivity contribution < 1.29 is 19.2 Å². The van der Waals surface area contributed by atoms with Crippen LogP contribution in [0.15, 0.2) is 16.8 Å². The number of rotatable bonds is 2. The van der Waals surface area contributed by atoms with Gasteiger partial charge in [0.15, 0.2) is 0 Å². The summed E-state index contributed by atoms with van der Waals surface area (Å²) in [5, 5.41) is 25.0.